The Morgan fingerprint density at radius 3 is 2.39 bits per heavy atom. The van der Waals surface area contributed by atoms with Crippen molar-refractivity contribution in [2.75, 3.05) is 5.32 Å². The van der Waals surface area contributed by atoms with Crippen LogP contribution in [0.5, 0.6) is 0 Å². The van der Waals surface area contributed by atoms with Crippen molar-refractivity contribution in [2.24, 2.45) is 0 Å². The number of aromatic amines is 1. The number of halogens is 3. The second-order valence-electron chi connectivity index (χ2n) is 6.58. The Hall–Kier alpha value is -3.28. The summed E-state index contributed by atoms with van der Waals surface area (Å²) in [4.78, 5) is 7.73. The maximum atomic E-state index is 13.5. The van der Waals surface area contributed by atoms with E-state index in [1.807, 2.05) is 43.3 Å². The number of H-pyrrole nitrogens is 1. The quantitative estimate of drug-likeness (QED) is 0.449. The van der Waals surface area contributed by atoms with Crippen LogP contribution in [-0.4, -0.2) is 9.97 Å². The average molecular weight is 381 g/mol. The standard InChI is InChI=1S/C22H18F3N3/c1-14-20(15-8-2-4-10-17(15)27-14)21(19-12-6-7-13-26-19)28-18-11-5-3-9-16(18)22(23,24)25/h2-13,21,27-28H,1H3. The Balaban J connectivity index is 1.89. The van der Waals surface area contributed by atoms with Crippen LogP contribution in [0.4, 0.5) is 18.9 Å². The third-order valence-electron chi connectivity index (χ3n) is 4.75. The highest BCUT2D eigenvalue weighted by Crippen LogP contribution is 2.39. The van der Waals surface area contributed by atoms with E-state index in [-0.39, 0.29) is 5.69 Å². The lowest BCUT2D eigenvalue weighted by atomic mass is 9.98. The number of fused-ring (bicyclic) bond motifs is 1. The largest absolute Gasteiger partial charge is 0.418 e. The van der Waals surface area contributed by atoms with Gasteiger partial charge in [-0.1, -0.05) is 36.4 Å². The molecule has 0 saturated heterocycles. The molecule has 3 nitrogen and oxygen atoms in total. The number of nitrogens with zero attached hydrogens (tertiary/aromatic N) is 1. The topological polar surface area (TPSA) is 40.7 Å². The van der Waals surface area contributed by atoms with Crippen LogP contribution in [0.25, 0.3) is 10.9 Å². The van der Waals surface area contributed by atoms with Gasteiger partial charge in [0.2, 0.25) is 0 Å². The molecule has 4 rings (SSSR count). The highest BCUT2D eigenvalue weighted by atomic mass is 19.4. The lowest BCUT2D eigenvalue weighted by Gasteiger charge is -2.23. The highest BCUT2D eigenvalue weighted by Gasteiger charge is 2.34. The lowest BCUT2D eigenvalue weighted by molar-refractivity contribution is -0.137. The minimum Gasteiger partial charge on any atom is -0.372 e. The predicted molar refractivity (Wildman–Crippen MR) is 104 cm³/mol. The number of nitrogens with one attached hydrogen (secondary N) is 2. The van der Waals surface area contributed by atoms with Crippen molar-refractivity contribution >= 4 is 16.6 Å². The molecule has 0 fully saturated rings. The van der Waals surface area contributed by atoms with Gasteiger partial charge in [0.05, 0.1) is 17.3 Å². The third-order valence-corrected chi connectivity index (χ3v) is 4.75. The summed E-state index contributed by atoms with van der Waals surface area (Å²) in [5, 5.41) is 4.05. The predicted octanol–water partition coefficient (Wildman–Crippen LogP) is 6.09. The minimum atomic E-state index is -4.45. The maximum absolute atomic E-state index is 13.5. The van der Waals surface area contributed by atoms with Crippen LogP contribution in [0, 0.1) is 6.92 Å². The summed E-state index contributed by atoms with van der Waals surface area (Å²) in [6, 6.07) is 18.1. The maximum Gasteiger partial charge on any atom is 0.418 e. The van der Waals surface area contributed by atoms with Gasteiger partial charge in [0, 0.05) is 34.0 Å². The summed E-state index contributed by atoms with van der Waals surface area (Å²) >= 11 is 0. The van der Waals surface area contributed by atoms with E-state index >= 15 is 0 Å². The van der Waals surface area contributed by atoms with E-state index in [1.54, 1.807) is 18.3 Å². The molecular formula is C22H18F3N3. The van der Waals surface area contributed by atoms with Gasteiger partial charge in [-0.15, -0.1) is 0 Å². The molecule has 1 atom stereocenters. The normalized spacial score (nSPS) is 12.9. The molecule has 4 aromatic rings. The van der Waals surface area contributed by atoms with Gasteiger partial charge in [-0.2, -0.15) is 13.2 Å². The van der Waals surface area contributed by atoms with Crippen LogP contribution in [0.1, 0.15) is 28.6 Å². The number of alkyl halides is 3. The van der Waals surface area contributed by atoms with Gasteiger partial charge in [-0.05, 0) is 37.3 Å². The number of rotatable bonds is 4. The first-order valence-electron chi connectivity index (χ1n) is 8.86. The summed E-state index contributed by atoms with van der Waals surface area (Å²) in [6.45, 7) is 1.92. The molecule has 0 aliphatic carbocycles. The van der Waals surface area contributed by atoms with Gasteiger partial charge in [0.25, 0.3) is 0 Å². The molecule has 2 aromatic carbocycles. The molecule has 0 amide bonds. The third kappa shape index (κ3) is 3.33. The van der Waals surface area contributed by atoms with E-state index in [9.17, 15) is 13.2 Å². The molecule has 1 unspecified atom stereocenters. The summed E-state index contributed by atoms with van der Waals surface area (Å²) in [5.74, 6) is 0. The molecule has 0 aliphatic rings. The summed E-state index contributed by atoms with van der Waals surface area (Å²) < 4.78 is 40.5. The minimum absolute atomic E-state index is 0.0235. The molecule has 28 heavy (non-hydrogen) atoms. The fraction of sp³-hybridized carbons (Fsp3) is 0.136. The Kier molecular flexibility index (Phi) is 4.55. The van der Waals surface area contributed by atoms with Crippen molar-refractivity contribution in [2.45, 2.75) is 19.1 Å². The van der Waals surface area contributed by atoms with Crippen molar-refractivity contribution in [1.82, 2.24) is 9.97 Å². The van der Waals surface area contributed by atoms with Gasteiger partial charge in [-0.3, -0.25) is 4.98 Å². The zero-order valence-corrected chi connectivity index (χ0v) is 15.1. The van der Waals surface area contributed by atoms with E-state index in [4.69, 9.17) is 0 Å². The van der Waals surface area contributed by atoms with Crippen LogP contribution in [0.15, 0.2) is 72.9 Å². The SMILES string of the molecule is Cc1[nH]c2ccccc2c1C(Nc1ccccc1C(F)(F)F)c1ccccn1. The first-order valence-corrected chi connectivity index (χ1v) is 8.86. The first-order chi connectivity index (χ1) is 13.4. The molecule has 0 radical (unpaired) electrons. The average Bonchev–Trinajstić information content (AvgIpc) is 3.02. The van der Waals surface area contributed by atoms with E-state index in [0.717, 1.165) is 28.2 Å². The smallest absolute Gasteiger partial charge is 0.372 e. The molecular weight excluding hydrogens is 363 g/mol. The fourth-order valence-corrected chi connectivity index (χ4v) is 3.52. The molecule has 0 spiro atoms. The number of aryl methyl sites for hydroxylation is 1. The number of pyridine rings is 1. The van der Waals surface area contributed by atoms with E-state index in [2.05, 4.69) is 15.3 Å². The number of hydrogen-bond acceptors (Lipinski definition) is 2. The Morgan fingerprint density at radius 2 is 1.64 bits per heavy atom. The van der Waals surface area contributed by atoms with E-state index in [0.29, 0.717) is 5.69 Å². The highest BCUT2D eigenvalue weighted by molar-refractivity contribution is 5.86. The molecule has 2 aromatic heterocycles. The molecule has 6 heteroatoms. The number of hydrogen-bond donors (Lipinski definition) is 2. The van der Waals surface area contributed by atoms with Gasteiger partial charge < -0.3 is 10.3 Å². The second-order valence-corrected chi connectivity index (χ2v) is 6.58. The number of para-hydroxylation sites is 2. The number of aromatic nitrogens is 2. The molecule has 2 heterocycles. The van der Waals surface area contributed by atoms with Crippen molar-refractivity contribution in [3.05, 3.63) is 95.4 Å². The van der Waals surface area contributed by atoms with Crippen molar-refractivity contribution in [3.8, 4) is 0 Å². The number of benzene rings is 2. The lowest BCUT2D eigenvalue weighted by Crippen LogP contribution is -2.18. The summed E-state index contributed by atoms with van der Waals surface area (Å²) in [5.41, 5.74) is 2.66. The molecule has 0 saturated carbocycles. The van der Waals surface area contributed by atoms with Crippen LogP contribution >= 0.6 is 0 Å². The van der Waals surface area contributed by atoms with Crippen LogP contribution < -0.4 is 5.32 Å². The van der Waals surface area contributed by atoms with Crippen molar-refractivity contribution in [1.29, 1.82) is 0 Å². The Labute approximate surface area is 160 Å². The monoisotopic (exact) mass is 381 g/mol. The summed E-state index contributed by atoms with van der Waals surface area (Å²) in [7, 11) is 0. The second kappa shape index (κ2) is 7.03. The number of anilines is 1. The van der Waals surface area contributed by atoms with E-state index < -0.39 is 17.8 Å². The molecule has 142 valence electrons. The van der Waals surface area contributed by atoms with E-state index in [1.165, 1.54) is 12.1 Å². The van der Waals surface area contributed by atoms with Crippen LogP contribution in [0.3, 0.4) is 0 Å². The van der Waals surface area contributed by atoms with Gasteiger partial charge >= 0.3 is 6.18 Å². The molecule has 2 N–H and O–H groups in total. The van der Waals surface area contributed by atoms with Gasteiger partial charge in [0.1, 0.15) is 0 Å². The summed E-state index contributed by atoms with van der Waals surface area (Å²) in [6.07, 6.45) is -2.81. The Bertz CT molecular complexity index is 1100. The van der Waals surface area contributed by atoms with Gasteiger partial charge in [-0.25, -0.2) is 0 Å². The Morgan fingerprint density at radius 1 is 0.929 bits per heavy atom. The van der Waals surface area contributed by atoms with Gasteiger partial charge in [0.15, 0.2) is 0 Å². The zero-order valence-electron chi connectivity index (χ0n) is 15.1. The first kappa shape index (κ1) is 18.1. The van der Waals surface area contributed by atoms with Crippen LogP contribution in [-0.2, 0) is 6.18 Å². The molecule has 0 bridgehead atoms. The van der Waals surface area contributed by atoms with Crippen LogP contribution in [0.2, 0.25) is 0 Å². The van der Waals surface area contributed by atoms with Crippen molar-refractivity contribution < 1.29 is 13.2 Å². The molecule has 0 aliphatic heterocycles. The fourth-order valence-electron chi connectivity index (χ4n) is 3.52. The zero-order chi connectivity index (χ0) is 19.7. The van der Waals surface area contributed by atoms with Crippen molar-refractivity contribution in [3.63, 3.8) is 0 Å².